The van der Waals surface area contributed by atoms with E-state index in [0.29, 0.717) is 42.9 Å². The van der Waals surface area contributed by atoms with E-state index in [1.807, 2.05) is 6.07 Å². The van der Waals surface area contributed by atoms with Crippen LogP contribution in [0.15, 0.2) is 12.1 Å². The van der Waals surface area contributed by atoms with Crippen molar-refractivity contribution in [3.05, 3.63) is 17.7 Å². The Morgan fingerprint density at radius 3 is 2.80 bits per heavy atom. The minimum absolute atomic E-state index is 0.0301. The number of carbonyl (C=O) groups excluding carboxylic acids is 1. The van der Waals surface area contributed by atoms with E-state index in [-0.39, 0.29) is 12.7 Å². The fourth-order valence-corrected chi connectivity index (χ4v) is 2.04. The molecule has 1 aliphatic carbocycles. The van der Waals surface area contributed by atoms with Gasteiger partial charge in [0.15, 0.2) is 11.5 Å². The summed E-state index contributed by atoms with van der Waals surface area (Å²) in [4.78, 5) is 11.6. The molecule has 1 heterocycles. The third kappa shape index (κ3) is 2.96. The van der Waals surface area contributed by atoms with Crippen LogP contribution in [0.3, 0.4) is 0 Å². The lowest BCUT2D eigenvalue weighted by Gasteiger charge is -2.11. The van der Waals surface area contributed by atoms with Gasteiger partial charge in [0.25, 0.3) is 0 Å². The maximum Gasteiger partial charge on any atom is 0.231 e. The predicted octanol–water partition coefficient (Wildman–Crippen LogP) is 0.921. The van der Waals surface area contributed by atoms with Crippen molar-refractivity contribution in [1.29, 1.82) is 0 Å². The number of fused-ring (bicyclic) bond motifs is 1. The summed E-state index contributed by atoms with van der Waals surface area (Å²) in [6.45, 7) is 0.887. The summed E-state index contributed by atoms with van der Waals surface area (Å²) in [7, 11) is 0. The topological polar surface area (TPSA) is 82.8 Å². The van der Waals surface area contributed by atoms with Crippen molar-refractivity contribution in [1.82, 2.24) is 5.32 Å². The van der Waals surface area contributed by atoms with Gasteiger partial charge in [-0.15, -0.1) is 0 Å². The molecule has 0 radical (unpaired) electrons. The SMILES string of the molecule is NCc1cc2c(cc1OCCC(=O)NC1CC1)OCO2. The Kier molecular flexibility index (Phi) is 3.64. The van der Waals surface area contributed by atoms with Crippen molar-refractivity contribution in [3.63, 3.8) is 0 Å². The lowest BCUT2D eigenvalue weighted by molar-refractivity contribution is -0.121. The zero-order valence-electron chi connectivity index (χ0n) is 11.2. The molecule has 0 bridgehead atoms. The summed E-state index contributed by atoms with van der Waals surface area (Å²) in [6.07, 6.45) is 2.52. The molecule has 6 nitrogen and oxygen atoms in total. The summed E-state index contributed by atoms with van der Waals surface area (Å²) in [5.41, 5.74) is 6.54. The van der Waals surface area contributed by atoms with Gasteiger partial charge in [-0.3, -0.25) is 4.79 Å². The summed E-state index contributed by atoms with van der Waals surface area (Å²) < 4.78 is 16.2. The minimum atomic E-state index is 0.0301. The Bertz CT molecular complexity index is 514. The normalized spacial score (nSPS) is 16.1. The van der Waals surface area contributed by atoms with Gasteiger partial charge in [0.2, 0.25) is 12.7 Å². The Balaban J connectivity index is 1.57. The lowest BCUT2D eigenvalue weighted by atomic mass is 10.2. The first-order chi connectivity index (χ1) is 9.76. The maximum atomic E-state index is 11.6. The lowest BCUT2D eigenvalue weighted by Crippen LogP contribution is -2.26. The van der Waals surface area contributed by atoms with Crippen LogP contribution < -0.4 is 25.3 Å². The molecule has 1 aliphatic heterocycles. The highest BCUT2D eigenvalue weighted by molar-refractivity contribution is 5.76. The number of rotatable bonds is 6. The second kappa shape index (κ2) is 5.58. The van der Waals surface area contributed by atoms with Crippen molar-refractivity contribution in [2.75, 3.05) is 13.4 Å². The third-order valence-electron chi connectivity index (χ3n) is 3.30. The number of hydrogen-bond donors (Lipinski definition) is 2. The first-order valence-corrected chi connectivity index (χ1v) is 6.81. The van der Waals surface area contributed by atoms with Gasteiger partial charge in [0.05, 0.1) is 13.0 Å². The van der Waals surface area contributed by atoms with Gasteiger partial charge >= 0.3 is 0 Å². The fourth-order valence-electron chi connectivity index (χ4n) is 2.04. The Morgan fingerprint density at radius 2 is 2.10 bits per heavy atom. The van der Waals surface area contributed by atoms with Gasteiger partial charge in [-0.05, 0) is 18.9 Å². The van der Waals surface area contributed by atoms with Crippen LogP contribution in [0.4, 0.5) is 0 Å². The zero-order chi connectivity index (χ0) is 13.9. The summed E-state index contributed by atoms with van der Waals surface area (Å²) in [5.74, 6) is 2.02. The standard InChI is InChI=1S/C14H18N2O4/c15-7-9-5-12-13(20-8-19-12)6-11(9)18-4-3-14(17)16-10-1-2-10/h5-6,10H,1-4,7-8,15H2,(H,16,17). The molecule has 2 aliphatic rings. The second-order valence-corrected chi connectivity index (χ2v) is 4.96. The van der Waals surface area contributed by atoms with Crippen LogP contribution in [0.1, 0.15) is 24.8 Å². The van der Waals surface area contributed by atoms with Crippen LogP contribution in [0.2, 0.25) is 0 Å². The van der Waals surface area contributed by atoms with E-state index < -0.39 is 0 Å². The number of nitrogens with two attached hydrogens (primary N) is 1. The van der Waals surface area contributed by atoms with Crippen LogP contribution in [0, 0.1) is 0 Å². The van der Waals surface area contributed by atoms with Crippen LogP contribution in [-0.2, 0) is 11.3 Å². The Hall–Kier alpha value is -1.95. The number of ether oxygens (including phenoxy) is 3. The van der Waals surface area contributed by atoms with Crippen LogP contribution in [0.25, 0.3) is 0 Å². The van der Waals surface area contributed by atoms with Gasteiger partial charge in [-0.25, -0.2) is 0 Å². The Labute approximate surface area is 117 Å². The first kappa shape index (κ1) is 13.1. The number of carbonyl (C=O) groups is 1. The molecule has 1 aromatic rings. The summed E-state index contributed by atoms with van der Waals surface area (Å²) in [5, 5.41) is 2.92. The molecule has 1 aromatic carbocycles. The molecule has 0 spiro atoms. The molecule has 6 heteroatoms. The highest BCUT2D eigenvalue weighted by atomic mass is 16.7. The predicted molar refractivity (Wildman–Crippen MR) is 71.7 cm³/mol. The molecule has 20 heavy (non-hydrogen) atoms. The van der Waals surface area contributed by atoms with E-state index in [0.717, 1.165) is 18.4 Å². The molecular weight excluding hydrogens is 260 g/mol. The summed E-state index contributed by atoms with van der Waals surface area (Å²) in [6, 6.07) is 3.97. The molecule has 108 valence electrons. The van der Waals surface area contributed by atoms with E-state index >= 15 is 0 Å². The van der Waals surface area contributed by atoms with Crippen molar-refractivity contribution in [2.24, 2.45) is 5.73 Å². The largest absolute Gasteiger partial charge is 0.493 e. The third-order valence-corrected chi connectivity index (χ3v) is 3.30. The number of hydrogen-bond acceptors (Lipinski definition) is 5. The van der Waals surface area contributed by atoms with E-state index in [1.54, 1.807) is 6.07 Å². The Morgan fingerprint density at radius 1 is 1.35 bits per heavy atom. The number of benzene rings is 1. The zero-order valence-corrected chi connectivity index (χ0v) is 11.2. The minimum Gasteiger partial charge on any atom is -0.493 e. The van der Waals surface area contributed by atoms with Crippen LogP contribution in [0.5, 0.6) is 17.2 Å². The molecule has 1 fully saturated rings. The molecule has 3 N–H and O–H groups in total. The molecule has 3 rings (SSSR count). The molecule has 0 atom stereocenters. The van der Waals surface area contributed by atoms with Crippen LogP contribution >= 0.6 is 0 Å². The average Bonchev–Trinajstić information content (AvgIpc) is 3.13. The molecule has 0 aromatic heterocycles. The van der Waals surface area contributed by atoms with E-state index in [9.17, 15) is 4.79 Å². The molecule has 0 saturated heterocycles. The van der Waals surface area contributed by atoms with E-state index in [1.165, 1.54) is 0 Å². The number of amides is 1. The summed E-state index contributed by atoms with van der Waals surface area (Å²) >= 11 is 0. The monoisotopic (exact) mass is 278 g/mol. The van der Waals surface area contributed by atoms with Crippen molar-refractivity contribution in [3.8, 4) is 17.2 Å². The molecule has 1 saturated carbocycles. The van der Waals surface area contributed by atoms with Gasteiger partial charge in [0.1, 0.15) is 5.75 Å². The highest BCUT2D eigenvalue weighted by Crippen LogP contribution is 2.38. The molecule has 0 unspecified atom stereocenters. The maximum absolute atomic E-state index is 11.6. The van der Waals surface area contributed by atoms with Gasteiger partial charge in [-0.2, -0.15) is 0 Å². The first-order valence-electron chi connectivity index (χ1n) is 6.81. The van der Waals surface area contributed by atoms with Crippen molar-refractivity contribution >= 4 is 5.91 Å². The quantitative estimate of drug-likeness (QED) is 0.808. The van der Waals surface area contributed by atoms with Gasteiger partial charge < -0.3 is 25.3 Å². The average molecular weight is 278 g/mol. The van der Waals surface area contributed by atoms with E-state index in [4.69, 9.17) is 19.9 Å². The highest BCUT2D eigenvalue weighted by Gasteiger charge is 2.23. The van der Waals surface area contributed by atoms with Crippen LogP contribution in [-0.4, -0.2) is 25.3 Å². The van der Waals surface area contributed by atoms with Gasteiger partial charge in [-0.1, -0.05) is 0 Å². The van der Waals surface area contributed by atoms with Crippen molar-refractivity contribution in [2.45, 2.75) is 31.8 Å². The van der Waals surface area contributed by atoms with Crippen molar-refractivity contribution < 1.29 is 19.0 Å². The van der Waals surface area contributed by atoms with E-state index in [2.05, 4.69) is 5.32 Å². The molecule has 1 amide bonds. The second-order valence-electron chi connectivity index (χ2n) is 4.96. The van der Waals surface area contributed by atoms with Gasteiger partial charge in [0, 0.05) is 24.2 Å². The molecular formula is C14H18N2O4. The number of nitrogens with one attached hydrogen (secondary N) is 1. The fraction of sp³-hybridized carbons (Fsp3) is 0.500. The smallest absolute Gasteiger partial charge is 0.231 e.